The van der Waals surface area contributed by atoms with Crippen LogP contribution in [-0.2, 0) is 19.1 Å². The number of hydrogen-bond acceptors (Lipinski definition) is 9. The third-order valence-corrected chi connectivity index (χ3v) is 4.52. The maximum absolute atomic E-state index is 12.3. The van der Waals surface area contributed by atoms with Gasteiger partial charge in [0, 0.05) is 29.6 Å². The van der Waals surface area contributed by atoms with Crippen molar-refractivity contribution in [3.8, 4) is 11.3 Å². The second kappa shape index (κ2) is 10.7. The number of ether oxygens (including phenoxy) is 2. The number of carbonyl (C=O) groups excluding carboxylic acids is 3. The average Bonchev–Trinajstić information content (AvgIpc) is 3.15. The number of anilines is 1. The largest absolute Gasteiger partial charge is 0.452 e. The fourth-order valence-electron chi connectivity index (χ4n) is 2.34. The van der Waals surface area contributed by atoms with Crippen LogP contribution >= 0.6 is 11.3 Å². The van der Waals surface area contributed by atoms with Crippen LogP contribution in [0.25, 0.3) is 11.3 Å². The van der Waals surface area contributed by atoms with Gasteiger partial charge in [-0.1, -0.05) is 12.1 Å². The Morgan fingerprint density at radius 1 is 1.28 bits per heavy atom. The molecule has 2 N–H and O–H groups in total. The first-order valence-corrected chi connectivity index (χ1v) is 10.5. The van der Waals surface area contributed by atoms with Gasteiger partial charge in [-0.3, -0.25) is 25.0 Å². The van der Waals surface area contributed by atoms with Gasteiger partial charge in [-0.15, -0.1) is 11.3 Å². The van der Waals surface area contributed by atoms with Gasteiger partial charge in [0.15, 0.2) is 11.2 Å². The van der Waals surface area contributed by atoms with Gasteiger partial charge in [0.25, 0.3) is 11.6 Å². The second-order valence-corrected chi connectivity index (χ2v) is 8.50. The molecule has 2 amide bonds. The molecule has 0 saturated carbocycles. The summed E-state index contributed by atoms with van der Waals surface area (Å²) in [6.07, 6.45) is -1.88. The van der Waals surface area contributed by atoms with Gasteiger partial charge in [0.1, 0.15) is 5.60 Å². The van der Waals surface area contributed by atoms with Crippen LogP contribution < -0.4 is 10.6 Å². The van der Waals surface area contributed by atoms with Crippen LogP contribution in [0.4, 0.5) is 15.6 Å². The SMILES string of the molecule is CC(OC(=O)CCNC(=O)OC(C)(C)C)C(=O)Nc1nc(-c2cccc([N+](=O)[O-])c2)cs1. The molecule has 2 aromatic rings. The van der Waals surface area contributed by atoms with E-state index in [1.165, 1.54) is 19.1 Å². The van der Waals surface area contributed by atoms with Crippen LogP contribution in [0, 0.1) is 10.1 Å². The number of nitro benzene ring substituents is 1. The summed E-state index contributed by atoms with van der Waals surface area (Å²) in [4.78, 5) is 50.4. The van der Waals surface area contributed by atoms with Gasteiger partial charge in [-0.25, -0.2) is 9.78 Å². The van der Waals surface area contributed by atoms with E-state index in [9.17, 15) is 24.5 Å². The van der Waals surface area contributed by atoms with E-state index in [1.54, 1.807) is 38.3 Å². The smallest absolute Gasteiger partial charge is 0.407 e. The van der Waals surface area contributed by atoms with Gasteiger partial charge in [-0.05, 0) is 27.7 Å². The second-order valence-electron chi connectivity index (χ2n) is 7.65. The number of non-ortho nitro benzene ring substituents is 1. The number of esters is 1. The third-order valence-electron chi connectivity index (χ3n) is 3.76. The predicted octanol–water partition coefficient (Wildman–Crippen LogP) is 3.50. The molecule has 0 radical (unpaired) electrons. The van der Waals surface area contributed by atoms with E-state index >= 15 is 0 Å². The molecule has 2 rings (SSSR count). The molecule has 0 bridgehead atoms. The summed E-state index contributed by atoms with van der Waals surface area (Å²) in [6, 6.07) is 5.97. The van der Waals surface area contributed by atoms with Crippen molar-refractivity contribution in [2.45, 2.75) is 45.8 Å². The lowest BCUT2D eigenvalue weighted by Crippen LogP contribution is -2.35. The van der Waals surface area contributed by atoms with Gasteiger partial charge in [0.05, 0.1) is 17.0 Å². The molecule has 0 aliphatic rings. The zero-order valence-electron chi connectivity index (χ0n) is 18.0. The maximum atomic E-state index is 12.3. The number of aromatic nitrogens is 1. The molecular formula is C20H24N4O7S. The fraction of sp³-hybridized carbons (Fsp3) is 0.400. The molecule has 1 unspecified atom stereocenters. The monoisotopic (exact) mass is 464 g/mol. The van der Waals surface area contributed by atoms with Crippen LogP contribution in [0.5, 0.6) is 0 Å². The van der Waals surface area contributed by atoms with Crippen molar-refractivity contribution in [2.24, 2.45) is 0 Å². The quantitative estimate of drug-likeness (QED) is 0.342. The van der Waals surface area contributed by atoms with Crippen LogP contribution in [0.3, 0.4) is 0 Å². The van der Waals surface area contributed by atoms with E-state index in [0.717, 1.165) is 11.3 Å². The Morgan fingerprint density at radius 2 is 2.00 bits per heavy atom. The summed E-state index contributed by atoms with van der Waals surface area (Å²) in [5, 5.41) is 17.8. The lowest BCUT2D eigenvalue weighted by Gasteiger charge is -2.19. The Kier molecular flexibility index (Phi) is 8.24. The van der Waals surface area contributed by atoms with E-state index in [1.807, 2.05) is 0 Å². The minimum Gasteiger partial charge on any atom is -0.452 e. The normalized spacial score (nSPS) is 11.9. The molecule has 1 heterocycles. The summed E-state index contributed by atoms with van der Waals surface area (Å²) in [7, 11) is 0. The molecule has 12 heteroatoms. The molecule has 0 fully saturated rings. The molecule has 1 atom stereocenters. The average molecular weight is 465 g/mol. The number of carbonyl (C=O) groups is 3. The minimum absolute atomic E-state index is 0.00113. The van der Waals surface area contributed by atoms with E-state index in [0.29, 0.717) is 11.3 Å². The summed E-state index contributed by atoms with van der Waals surface area (Å²) >= 11 is 1.13. The van der Waals surface area contributed by atoms with E-state index in [4.69, 9.17) is 9.47 Å². The van der Waals surface area contributed by atoms with Gasteiger partial charge < -0.3 is 14.8 Å². The van der Waals surface area contributed by atoms with Crippen molar-refractivity contribution in [3.63, 3.8) is 0 Å². The van der Waals surface area contributed by atoms with Gasteiger partial charge in [-0.2, -0.15) is 0 Å². The Labute approximate surface area is 188 Å². The highest BCUT2D eigenvalue weighted by Gasteiger charge is 2.20. The van der Waals surface area contributed by atoms with Crippen molar-refractivity contribution in [2.75, 3.05) is 11.9 Å². The summed E-state index contributed by atoms with van der Waals surface area (Å²) in [5.74, 6) is -1.25. The van der Waals surface area contributed by atoms with Crippen LogP contribution in [0.2, 0.25) is 0 Å². The molecule has 0 aliphatic heterocycles. The standard InChI is InChI=1S/C20H24N4O7S/c1-12(30-16(25)8-9-21-19(27)31-20(2,3)4)17(26)23-18-22-15(11-32-18)13-6-5-7-14(10-13)24(28)29/h5-7,10-12H,8-9H2,1-4H3,(H,21,27)(H,22,23,26). The van der Waals surface area contributed by atoms with Crippen molar-refractivity contribution in [3.05, 3.63) is 39.8 Å². The summed E-state index contributed by atoms with van der Waals surface area (Å²) in [5.41, 5.74) is 0.282. The number of alkyl carbamates (subject to hydrolysis) is 1. The van der Waals surface area contributed by atoms with Crippen molar-refractivity contribution < 1.29 is 28.8 Å². The molecule has 0 spiro atoms. The third kappa shape index (κ3) is 7.95. The maximum Gasteiger partial charge on any atom is 0.407 e. The van der Waals surface area contributed by atoms with Gasteiger partial charge in [0.2, 0.25) is 0 Å². The Balaban J connectivity index is 1.83. The Hall–Kier alpha value is -3.54. The van der Waals surface area contributed by atoms with Crippen molar-refractivity contribution in [1.82, 2.24) is 10.3 Å². The topological polar surface area (TPSA) is 150 Å². The zero-order chi connectivity index (χ0) is 23.9. The highest BCUT2D eigenvalue weighted by atomic mass is 32.1. The van der Waals surface area contributed by atoms with E-state index in [2.05, 4.69) is 15.6 Å². The number of hydrogen-bond donors (Lipinski definition) is 2. The molecule has 11 nitrogen and oxygen atoms in total. The molecular weight excluding hydrogens is 440 g/mol. The fourth-order valence-corrected chi connectivity index (χ4v) is 3.06. The first kappa shape index (κ1) is 24.7. The Morgan fingerprint density at radius 3 is 2.66 bits per heavy atom. The van der Waals surface area contributed by atoms with Crippen LogP contribution in [0.1, 0.15) is 34.1 Å². The van der Waals surface area contributed by atoms with Crippen LogP contribution in [0.15, 0.2) is 29.6 Å². The van der Waals surface area contributed by atoms with Crippen molar-refractivity contribution in [1.29, 1.82) is 0 Å². The Bertz CT molecular complexity index is 1000. The van der Waals surface area contributed by atoms with Gasteiger partial charge >= 0.3 is 12.1 Å². The van der Waals surface area contributed by atoms with E-state index in [-0.39, 0.29) is 23.8 Å². The highest BCUT2D eigenvalue weighted by Crippen LogP contribution is 2.27. The number of nitrogens with zero attached hydrogens (tertiary/aromatic N) is 2. The lowest BCUT2D eigenvalue weighted by atomic mass is 10.1. The molecule has 172 valence electrons. The molecule has 32 heavy (non-hydrogen) atoms. The number of amides is 2. The summed E-state index contributed by atoms with van der Waals surface area (Å²) in [6.45, 7) is 6.56. The first-order chi connectivity index (χ1) is 14.9. The molecule has 0 saturated heterocycles. The highest BCUT2D eigenvalue weighted by molar-refractivity contribution is 7.14. The zero-order valence-corrected chi connectivity index (χ0v) is 18.9. The number of rotatable bonds is 8. The molecule has 0 aliphatic carbocycles. The first-order valence-electron chi connectivity index (χ1n) is 9.62. The predicted molar refractivity (Wildman–Crippen MR) is 117 cm³/mol. The van der Waals surface area contributed by atoms with E-state index < -0.39 is 34.6 Å². The number of benzene rings is 1. The number of nitro groups is 1. The lowest BCUT2D eigenvalue weighted by molar-refractivity contribution is -0.384. The molecule has 1 aromatic heterocycles. The molecule has 1 aromatic carbocycles. The van der Waals surface area contributed by atoms with Crippen molar-refractivity contribution >= 4 is 40.1 Å². The summed E-state index contributed by atoms with van der Waals surface area (Å²) < 4.78 is 10.1. The van der Waals surface area contributed by atoms with Crippen LogP contribution in [-0.4, -0.2) is 46.1 Å². The number of thiazole rings is 1. The minimum atomic E-state index is -1.09. The number of nitrogens with one attached hydrogen (secondary N) is 2.